The molecule has 1 aliphatic rings. The Kier molecular flexibility index (Phi) is 4.89. The average molecular weight is 405 g/mol. The molecule has 1 aliphatic heterocycles. The highest BCUT2D eigenvalue weighted by Crippen LogP contribution is 2.46. The zero-order valence-electron chi connectivity index (χ0n) is 17.1. The van der Waals surface area contributed by atoms with E-state index in [-0.39, 0.29) is 0 Å². The fourth-order valence-electron chi connectivity index (χ4n) is 4.85. The fourth-order valence-corrected chi connectivity index (χ4v) is 4.85. The minimum Gasteiger partial charge on any atom is -0.478 e. The Bertz CT molecular complexity index is 1110. The quantitative estimate of drug-likeness (QED) is 0.434. The lowest BCUT2D eigenvalue weighted by atomic mass is 9.75. The van der Waals surface area contributed by atoms with E-state index in [1.165, 1.54) is 22.3 Å². The van der Waals surface area contributed by atoms with E-state index in [2.05, 4.69) is 77.7 Å². The van der Waals surface area contributed by atoms with Gasteiger partial charge in [0, 0.05) is 13.1 Å². The van der Waals surface area contributed by atoms with Crippen LogP contribution in [0, 0.1) is 0 Å². The molecule has 152 valence electrons. The Morgan fingerprint density at radius 2 is 1.10 bits per heavy atom. The number of hydrogen-bond acceptors (Lipinski definition) is 2. The third kappa shape index (κ3) is 3.24. The molecule has 3 nitrogen and oxygen atoms in total. The van der Waals surface area contributed by atoms with Crippen molar-refractivity contribution in [3.63, 3.8) is 0 Å². The first-order valence-electron chi connectivity index (χ1n) is 10.5. The fraction of sp³-hybridized carbons (Fsp3) is 0.107. The number of carboxylic acids is 1. The van der Waals surface area contributed by atoms with Crippen LogP contribution in [-0.4, -0.2) is 16.0 Å². The summed E-state index contributed by atoms with van der Waals surface area (Å²) in [7, 11) is 0. The van der Waals surface area contributed by atoms with Crippen LogP contribution in [0.15, 0.2) is 109 Å². The molecule has 0 amide bonds. The van der Waals surface area contributed by atoms with Crippen molar-refractivity contribution in [3.05, 3.63) is 143 Å². The van der Waals surface area contributed by atoms with Crippen LogP contribution in [-0.2, 0) is 18.6 Å². The third-order valence-electron chi connectivity index (χ3n) is 6.22. The van der Waals surface area contributed by atoms with Gasteiger partial charge < -0.3 is 5.11 Å². The summed E-state index contributed by atoms with van der Waals surface area (Å²) in [5, 5.41) is 9.46. The first-order chi connectivity index (χ1) is 15.2. The van der Waals surface area contributed by atoms with Crippen molar-refractivity contribution in [2.24, 2.45) is 0 Å². The lowest BCUT2D eigenvalue weighted by molar-refractivity contribution is 0.0696. The summed E-state index contributed by atoms with van der Waals surface area (Å²) < 4.78 is 0. The molecule has 4 aromatic rings. The van der Waals surface area contributed by atoms with Gasteiger partial charge in [0.1, 0.15) is 0 Å². The maximum absolute atomic E-state index is 11.5. The van der Waals surface area contributed by atoms with E-state index in [0.717, 1.165) is 12.1 Å². The van der Waals surface area contributed by atoms with Gasteiger partial charge in [-0.05, 0) is 39.9 Å². The molecule has 0 saturated heterocycles. The van der Waals surface area contributed by atoms with Gasteiger partial charge in [0.05, 0.1) is 11.1 Å². The lowest BCUT2D eigenvalue weighted by Gasteiger charge is -2.43. The molecule has 0 radical (unpaired) electrons. The molecule has 3 heteroatoms. The van der Waals surface area contributed by atoms with Crippen LogP contribution in [0.4, 0.5) is 0 Å². The van der Waals surface area contributed by atoms with Crippen molar-refractivity contribution in [1.29, 1.82) is 0 Å². The first kappa shape index (κ1) is 19.3. The van der Waals surface area contributed by atoms with Gasteiger partial charge in [-0.15, -0.1) is 0 Å². The van der Waals surface area contributed by atoms with Gasteiger partial charge in [0.25, 0.3) is 0 Å². The van der Waals surface area contributed by atoms with Crippen molar-refractivity contribution < 1.29 is 9.90 Å². The van der Waals surface area contributed by atoms with Gasteiger partial charge in [-0.25, -0.2) is 4.79 Å². The number of benzene rings is 4. The molecule has 31 heavy (non-hydrogen) atoms. The van der Waals surface area contributed by atoms with Crippen molar-refractivity contribution in [3.8, 4) is 0 Å². The summed E-state index contributed by atoms with van der Waals surface area (Å²) in [6.45, 7) is 1.42. The van der Waals surface area contributed by atoms with Gasteiger partial charge >= 0.3 is 5.97 Å². The predicted octanol–water partition coefficient (Wildman–Crippen LogP) is 5.69. The summed E-state index contributed by atoms with van der Waals surface area (Å²) in [4.78, 5) is 14.0. The van der Waals surface area contributed by atoms with Crippen LogP contribution in [0.25, 0.3) is 0 Å². The van der Waals surface area contributed by atoms with E-state index in [4.69, 9.17) is 0 Å². The molecule has 0 atom stereocenters. The second-order valence-corrected chi connectivity index (χ2v) is 7.95. The van der Waals surface area contributed by atoms with Crippen molar-refractivity contribution in [2.45, 2.75) is 18.6 Å². The van der Waals surface area contributed by atoms with Crippen LogP contribution in [0.2, 0.25) is 0 Å². The molecule has 4 aromatic carbocycles. The molecule has 0 spiro atoms. The van der Waals surface area contributed by atoms with E-state index in [1.54, 1.807) is 6.07 Å². The zero-order chi connectivity index (χ0) is 21.3. The third-order valence-corrected chi connectivity index (χ3v) is 6.22. The van der Waals surface area contributed by atoms with Gasteiger partial charge in [-0.1, -0.05) is 97.1 Å². The molecule has 0 aromatic heterocycles. The zero-order valence-corrected chi connectivity index (χ0v) is 17.1. The second-order valence-electron chi connectivity index (χ2n) is 7.95. The lowest BCUT2D eigenvalue weighted by Crippen LogP contribution is -2.45. The SMILES string of the molecule is O=C(O)c1ccc2c(c1)CN(C(c1ccccc1)(c1ccccc1)c1ccccc1)C2. The predicted molar refractivity (Wildman–Crippen MR) is 122 cm³/mol. The molecule has 0 unspecified atom stereocenters. The first-order valence-corrected chi connectivity index (χ1v) is 10.5. The normalized spacial score (nSPS) is 13.7. The monoisotopic (exact) mass is 405 g/mol. The molecule has 1 heterocycles. The van der Waals surface area contributed by atoms with Crippen molar-refractivity contribution in [2.75, 3.05) is 0 Å². The highest BCUT2D eigenvalue weighted by atomic mass is 16.4. The smallest absolute Gasteiger partial charge is 0.335 e. The Balaban J connectivity index is 1.74. The number of aromatic carboxylic acids is 1. The van der Waals surface area contributed by atoms with Crippen LogP contribution >= 0.6 is 0 Å². The van der Waals surface area contributed by atoms with Gasteiger partial charge in [0.2, 0.25) is 0 Å². The molecule has 5 rings (SSSR count). The molecule has 0 bridgehead atoms. The van der Waals surface area contributed by atoms with Crippen LogP contribution < -0.4 is 0 Å². The second kappa shape index (κ2) is 7.86. The largest absolute Gasteiger partial charge is 0.478 e. The van der Waals surface area contributed by atoms with Gasteiger partial charge in [-0.2, -0.15) is 0 Å². The molecule has 0 fully saturated rings. The minimum atomic E-state index is -0.887. The van der Waals surface area contributed by atoms with E-state index in [9.17, 15) is 9.90 Å². The van der Waals surface area contributed by atoms with Crippen LogP contribution in [0.1, 0.15) is 38.2 Å². The standard InChI is InChI=1S/C28H23NO2/c30-27(31)21-16-17-22-19-29(20-23(22)18-21)28(24-10-4-1-5-11-24,25-12-6-2-7-13-25)26-14-8-3-9-15-26/h1-18H,19-20H2,(H,30,31). The summed E-state index contributed by atoms with van der Waals surface area (Å²) in [6, 6.07) is 37.3. The number of carbonyl (C=O) groups is 1. The topological polar surface area (TPSA) is 40.5 Å². The van der Waals surface area contributed by atoms with Crippen LogP contribution in [0.5, 0.6) is 0 Å². The average Bonchev–Trinajstić information content (AvgIpc) is 3.25. The Morgan fingerprint density at radius 1 is 0.645 bits per heavy atom. The van der Waals surface area contributed by atoms with Gasteiger partial charge in [0.15, 0.2) is 0 Å². The van der Waals surface area contributed by atoms with Gasteiger partial charge in [-0.3, -0.25) is 4.90 Å². The number of nitrogens with zero attached hydrogens (tertiary/aromatic N) is 1. The maximum atomic E-state index is 11.5. The summed E-state index contributed by atoms with van der Waals surface area (Å²) in [6.07, 6.45) is 0. The summed E-state index contributed by atoms with van der Waals surface area (Å²) >= 11 is 0. The molecular formula is C28H23NO2. The Labute approximate surface area is 182 Å². The maximum Gasteiger partial charge on any atom is 0.335 e. The van der Waals surface area contributed by atoms with E-state index in [1.807, 2.05) is 30.3 Å². The molecule has 1 N–H and O–H groups in total. The minimum absolute atomic E-state index is 0.338. The highest BCUT2D eigenvalue weighted by molar-refractivity contribution is 5.88. The highest BCUT2D eigenvalue weighted by Gasteiger charge is 2.44. The van der Waals surface area contributed by atoms with Crippen molar-refractivity contribution in [1.82, 2.24) is 4.90 Å². The van der Waals surface area contributed by atoms with E-state index >= 15 is 0 Å². The summed E-state index contributed by atoms with van der Waals surface area (Å²) in [5.74, 6) is -0.887. The van der Waals surface area contributed by atoms with E-state index < -0.39 is 11.5 Å². The Morgan fingerprint density at radius 3 is 1.55 bits per heavy atom. The molecular weight excluding hydrogens is 382 g/mol. The van der Waals surface area contributed by atoms with Crippen molar-refractivity contribution >= 4 is 5.97 Å². The Hall–Kier alpha value is -3.69. The summed E-state index contributed by atoms with van der Waals surface area (Å²) in [5.41, 5.74) is 5.68. The molecule has 0 aliphatic carbocycles. The molecule has 0 saturated carbocycles. The number of carboxylic acid groups (broad SMARTS) is 1. The van der Waals surface area contributed by atoms with E-state index in [0.29, 0.717) is 12.1 Å². The van der Waals surface area contributed by atoms with Crippen LogP contribution in [0.3, 0.4) is 0 Å². The number of hydrogen-bond donors (Lipinski definition) is 1. The number of rotatable bonds is 5. The number of fused-ring (bicyclic) bond motifs is 1.